The van der Waals surface area contributed by atoms with Crippen LogP contribution in [-0.2, 0) is 0 Å². The van der Waals surface area contributed by atoms with Crippen LogP contribution >= 0.6 is 46.3 Å². The monoisotopic (exact) mass is 508 g/mol. The molecule has 33 heavy (non-hydrogen) atoms. The van der Waals surface area contributed by atoms with E-state index in [2.05, 4.69) is 20.3 Å². The first-order chi connectivity index (χ1) is 16.0. The van der Waals surface area contributed by atoms with Crippen LogP contribution in [0.1, 0.15) is 0 Å². The molecule has 5 aromatic rings. The number of rotatable bonds is 4. The highest BCUT2D eigenvalue weighted by Crippen LogP contribution is 2.31. The minimum atomic E-state index is -0.315. The van der Waals surface area contributed by atoms with Gasteiger partial charge in [0.25, 0.3) is 5.24 Å². The van der Waals surface area contributed by atoms with Crippen molar-refractivity contribution < 1.29 is 4.79 Å². The minimum Gasteiger partial charge on any atom is -0.285 e. The Hall–Kier alpha value is -2.97. The van der Waals surface area contributed by atoms with Crippen LogP contribution < -0.4 is 5.32 Å². The van der Waals surface area contributed by atoms with E-state index in [1.807, 2.05) is 54.6 Å². The fourth-order valence-corrected chi connectivity index (χ4v) is 5.19. The van der Waals surface area contributed by atoms with Crippen molar-refractivity contribution in [3.63, 3.8) is 0 Å². The van der Waals surface area contributed by atoms with Crippen LogP contribution in [0.25, 0.3) is 32.7 Å². The summed E-state index contributed by atoms with van der Waals surface area (Å²) in [5.74, 6) is 0.200. The summed E-state index contributed by atoms with van der Waals surface area (Å²) in [4.78, 5) is 26.4. The summed E-state index contributed by atoms with van der Waals surface area (Å²) in [5.41, 5.74) is 3.89. The van der Waals surface area contributed by atoms with Gasteiger partial charge in [0, 0.05) is 32.9 Å². The van der Waals surface area contributed by atoms with Crippen LogP contribution in [0.3, 0.4) is 0 Å². The summed E-state index contributed by atoms with van der Waals surface area (Å²) < 4.78 is 1.68. The zero-order valence-corrected chi connectivity index (χ0v) is 20.0. The summed E-state index contributed by atoms with van der Waals surface area (Å²) in [6.45, 7) is 0. The Balaban J connectivity index is 1.46. The molecular formula is C24H14Cl2N4OS2. The number of nitrogens with zero attached hydrogens (tertiary/aromatic N) is 3. The zero-order chi connectivity index (χ0) is 22.8. The van der Waals surface area contributed by atoms with Crippen molar-refractivity contribution in [1.82, 2.24) is 15.0 Å². The molecule has 5 nitrogen and oxygen atoms in total. The van der Waals surface area contributed by atoms with Crippen molar-refractivity contribution in [3.8, 4) is 22.5 Å². The third-order valence-electron chi connectivity index (χ3n) is 4.67. The van der Waals surface area contributed by atoms with Crippen LogP contribution in [0, 0.1) is 0 Å². The Kier molecular flexibility index (Phi) is 6.28. The minimum absolute atomic E-state index is 0.200. The molecule has 1 N–H and O–H groups in total. The lowest BCUT2D eigenvalue weighted by Crippen LogP contribution is -2.09. The third kappa shape index (κ3) is 5.17. The molecule has 0 aliphatic rings. The molecule has 5 rings (SSSR count). The number of anilines is 1. The van der Waals surface area contributed by atoms with E-state index in [0.717, 1.165) is 33.1 Å². The molecule has 0 saturated heterocycles. The van der Waals surface area contributed by atoms with Crippen LogP contribution in [0.15, 0.2) is 83.2 Å². The van der Waals surface area contributed by atoms with Crippen molar-refractivity contribution in [2.24, 2.45) is 0 Å². The lowest BCUT2D eigenvalue weighted by molar-refractivity contribution is 0.269. The summed E-state index contributed by atoms with van der Waals surface area (Å²) in [5, 5.41) is 3.74. The molecule has 9 heteroatoms. The average molecular weight is 509 g/mol. The van der Waals surface area contributed by atoms with Gasteiger partial charge in [-0.3, -0.25) is 10.1 Å². The van der Waals surface area contributed by atoms with Gasteiger partial charge in [0.2, 0.25) is 5.95 Å². The van der Waals surface area contributed by atoms with Gasteiger partial charge < -0.3 is 0 Å². The van der Waals surface area contributed by atoms with Crippen molar-refractivity contribution in [3.05, 3.63) is 88.9 Å². The van der Waals surface area contributed by atoms with Crippen LogP contribution in [0.4, 0.5) is 10.7 Å². The topological polar surface area (TPSA) is 67.8 Å². The Morgan fingerprint density at radius 2 is 1.36 bits per heavy atom. The number of benzene rings is 3. The fraction of sp³-hybridized carbons (Fsp3) is 0. The van der Waals surface area contributed by atoms with Crippen molar-refractivity contribution in [1.29, 1.82) is 0 Å². The van der Waals surface area contributed by atoms with E-state index in [0.29, 0.717) is 25.8 Å². The number of thioether (sulfide) groups is 1. The summed E-state index contributed by atoms with van der Waals surface area (Å²) >= 11 is 14.6. The van der Waals surface area contributed by atoms with E-state index in [-0.39, 0.29) is 11.2 Å². The van der Waals surface area contributed by atoms with Crippen LogP contribution in [0.5, 0.6) is 0 Å². The van der Waals surface area contributed by atoms with Gasteiger partial charge in [0.1, 0.15) is 0 Å². The number of carbonyl (C=O) groups is 1. The standard InChI is InChI=1S/C24H14Cl2N4OS2/c25-16-9-5-14(6-10-16)19-13-20(15-7-11-17(26)12-8-15)28-22(27-19)30-23(31)33-24-29-18-3-1-2-4-21(18)32-24/h1-13H,(H,27,28,30,31). The molecule has 3 aromatic carbocycles. The highest BCUT2D eigenvalue weighted by molar-refractivity contribution is 8.15. The summed E-state index contributed by atoms with van der Waals surface area (Å²) in [7, 11) is 0. The normalized spacial score (nSPS) is 11.0. The van der Waals surface area contributed by atoms with Crippen molar-refractivity contribution in [2.75, 3.05) is 5.32 Å². The SMILES string of the molecule is O=C(Nc1nc(-c2ccc(Cl)cc2)cc(-c2ccc(Cl)cc2)n1)Sc1nc2ccccc2s1. The predicted molar refractivity (Wildman–Crippen MR) is 137 cm³/mol. The van der Waals surface area contributed by atoms with Gasteiger partial charge in [0.05, 0.1) is 21.6 Å². The third-order valence-corrected chi connectivity index (χ3v) is 7.06. The number of nitrogens with one attached hydrogen (secondary N) is 1. The molecule has 1 amide bonds. The van der Waals surface area contributed by atoms with E-state index >= 15 is 0 Å². The second-order valence-electron chi connectivity index (χ2n) is 6.94. The van der Waals surface area contributed by atoms with Gasteiger partial charge in [-0.15, -0.1) is 11.3 Å². The Bertz CT molecular complexity index is 1360. The Morgan fingerprint density at radius 3 is 1.94 bits per heavy atom. The maximum absolute atomic E-state index is 12.7. The van der Waals surface area contributed by atoms with E-state index in [1.54, 1.807) is 24.3 Å². The lowest BCUT2D eigenvalue weighted by Gasteiger charge is -2.09. The molecule has 0 radical (unpaired) electrons. The first kappa shape index (κ1) is 21.9. The average Bonchev–Trinajstić information content (AvgIpc) is 3.22. The van der Waals surface area contributed by atoms with Crippen LogP contribution in [0.2, 0.25) is 10.0 Å². The van der Waals surface area contributed by atoms with Gasteiger partial charge in [-0.25, -0.2) is 15.0 Å². The van der Waals surface area contributed by atoms with E-state index < -0.39 is 0 Å². The van der Waals surface area contributed by atoms with Crippen molar-refractivity contribution in [2.45, 2.75) is 4.34 Å². The van der Waals surface area contributed by atoms with Gasteiger partial charge in [-0.2, -0.15) is 0 Å². The second-order valence-corrected chi connectivity index (χ2v) is 10.1. The summed E-state index contributed by atoms with van der Waals surface area (Å²) in [6, 6.07) is 24.3. The molecule has 0 unspecified atom stereocenters. The molecule has 0 atom stereocenters. The molecule has 0 bridgehead atoms. The molecule has 0 spiro atoms. The van der Waals surface area contributed by atoms with E-state index in [1.165, 1.54) is 11.3 Å². The fourth-order valence-electron chi connectivity index (χ4n) is 3.13. The number of amides is 1. The van der Waals surface area contributed by atoms with Gasteiger partial charge >= 0.3 is 0 Å². The number of para-hydroxylation sites is 1. The number of hydrogen-bond donors (Lipinski definition) is 1. The number of fused-ring (bicyclic) bond motifs is 1. The zero-order valence-electron chi connectivity index (χ0n) is 16.8. The Morgan fingerprint density at radius 1 is 0.788 bits per heavy atom. The quantitative estimate of drug-likeness (QED) is 0.248. The van der Waals surface area contributed by atoms with Gasteiger partial charge in [-0.1, -0.05) is 59.6 Å². The highest BCUT2D eigenvalue weighted by Gasteiger charge is 2.14. The molecule has 0 fully saturated rings. The number of thiazole rings is 1. The molecule has 0 aliphatic heterocycles. The number of aromatic nitrogens is 3. The highest BCUT2D eigenvalue weighted by atomic mass is 35.5. The van der Waals surface area contributed by atoms with Gasteiger partial charge in [0.15, 0.2) is 4.34 Å². The first-order valence-corrected chi connectivity index (χ1v) is 12.2. The van der Waals surface area contributed by atoms with Crippen molar-refractivity contribution >= 4 is 67.7 Å². The molecule has 2 heterocycles. The van der Waals surface area contributed by atoms with Crippen LogP contribution in [-0.4, -0.2) is 20.2 Å². The number of halogens is 2. The molecule has 0 saturated carbocycles. The summed E-state index contributed by atoms with van der Waals surface area (Å²) in [6.07, 6.45) is 0. The maximum atomic E-state index is 12.7. The number of carbonyl (C=O) groups excluding carboxylic acids is 1. The maximum Gasteiger partial charge on any atom is 0.292 e. The second kappa shape index (κ2) is 9.49. The lowest BCUT2D eigenvalue weighted by atomic mass is 10.1. The largest absolute Gasteiger partial charge is 0.292 e. The smallest absolute Gasteiger partial charge is 0.285 e. The molecular weight excluding hydrogens is 495 g/mol. The van der Waals surface area contributed by atoms with Gasteiger partial charge in [-0.05, 0) is 42.5 Å². The predicted octanol–water partition coefficient (Wildman–Crippen LogP) is 8.05. The van der Waals surface area contributed by atoms with E-state index in [9.17, 15) is 4.79 Å². The molecule has 162 valence electrons. The molecule has 0 aliphatic carbocycles. The molecule has 2 aromatic heterocycles. The Labute approximate surface area is 207 Å². The number of hydrogen-bond acceptors (Lipinski definition) is 6. The first-order valence-electron chi connectivity index (χ1n) is 9.79. The van der Waals surface area contributed by atoms with E-state index in [4.69, 9.17) is 23.2 Å².